The lowest BCUT2D eigenvalue weighted by Crippen LogP contribution is -2.62. The van der Waals surface area contributed by atoms with E-state index in [0.29, 0.717) is 22.5 Å². The van der Waals surface area contributed by atoms with Crippen LogP contribution >= 0.6 is 0 Å². The van der Waals surface area contributed by atoms with Crippen molar-refractivity contribution in [3.63, 3.8) is 0 Å². The molecule has 0 aromatic rings. The molecule has 1 heteroatoms. The first kappa shape index (κ1) is 24.3. The number of Topliss-reactive ketones (excluding diaryl/α,β-unsaturated/α-hetero) is 1. The van der Waals surface area contributed by atoms with Crippen molar-refractivity contribution in [2.24, 2.45) is 44.8 Å². The number of rotatable bonds is 4. The fourth-order valence-electron chi connectivity index (χ4n) is 9.50. The van der Waals surface area contributed by atoms with Crippen LogP contribution in [0.15, 0.2) is 23.3 Å². The van der Waals surface area contributed by atoms with Crippen molar-refractivity contribution in [3.8, 4) is 0 Å². The van der Waals surface area contributed by atoms with Gasteiger partial charge in [-0.1, -0.05) is 71.8 Å². The van der Waals surface area contributed by atoms with Crippen molar-refractivity contribution < 1.29 is 4.79 Å². The zero-order chi connectivity index (χ0) is 23.7. The molecule has 0 aliphatic heterocycles. The van der Waals surface area contributed by atoms with Gasteiger partial charge in [0.05, 0.1) is 0 Å². The summed E-state index contributed by atoms with van der Waals surface area (Å²) in [6, 6.07) is 0. The molecule has 180 valence electrons. The molecule has 0 heterocycles. The van der Waals surface area contributed by atoms with Crippen molar-refractivity contribution in [2.45, 2.75) is 120 Å². The smallest absolute Gasteiger partial charge is 0.139 e. The third kappa shape index (κ3) is 2.97. The average molecular weight is 439 g/mol. The second-order valence-electron chi connectivity index (χ2n) is 14.0. The highest BCUT2D eigenvalue weighted by Crippen LogP contribution is 2.75. The van der Waals surface area contributed by atoms with E-state index in [9.17, 15) is 4.79 Å². The molecule has 0 amide bonds. The van der Waals surface area contributed by atoms with E-state index in [4.69, 9.17) is 0 Å². The fourth-order valence-corrected chi connectivity index (χ4v) is 9.50. The van der Waals surface area contributed by atoms with Crippen molar-refractivity contribution in [1.82, 2.24) is 0 Å². The number of carbonyl (C=O) groups is 1. The quantitative estimate of drug-likeness (QED) is 0.400. The molecule has 7 atom stereocenters. The maximum absolute atomic E-state index is 13.0. The summed E-state index contributed by atoms with van der Waals surface area (Å²) in [4.78, 5) is 13.0. The highest BCUT2D eigenvalue weighted by Gasteiger charge is 2.68. The standard InChI is InChI=1S/C31H50O/c1-21(2)11-10-12-22(3)23-13-17-29(7)24-15-20-31(9)27(4,5)26(32)16-19-30(31,8)25(24)14-18-28(23,29)6/h11,15,22-23,25H,10,12-14,16-20H2,1-9H3/t22-,23-,25+,28-,29+,30-,31+/m1/s1. The molecule has 0 aromatic heterocycles. The van der Waals surface area contributed by atoms with Gasteiger partial charge in [-0.15, -0.1) is 0 Å². The first-order chi connectivity index (χ1) is 14.7. The van der Waals surface area contributed by atoms with Crippen molar-refractivity contribution in [3.05, 3.63) is 23.3 Å². The zero-order valence-corrected chi connectivity index (χ0v) is 22.7. The van der Waals surface area contributed by atoms with Gasteiger partial charge in [0.2, 0.25) is 0 Å². The summed E-state index contributed by atoms with van der Waals surface area (Å²) in [6.07, 6.45) is 16.1. The molecule has 4 aliphatic carbocycles. The summed E-state index contributed by atoms with van der Waals surface area (Å²) < 4.78 is 0. The Morgan fingerprint density at radius 1 is 1.03 bits per heavy atom. The zero-order valence-electron chi connectivity index (χ0n) is 22.7. The van der Waals surface area contributed by atoms with E-state index in [1.165, 1.54) is 44.1 Å². The minimum Gasteiger partial charge on any atom is -0.299 e. The van der Waals surface area contributed by atoms with E-state index < -0.39 is 0 Å². The average Bonchev–Trinajstić information content (AvgIpc) is 2.99. The van der Waals surface area contributed by atoms with Gasteiger partial charge in [0.25, 0.3) is 0 Å². The van der Waals surface area contributed by atoms with Gasteiger partial charge in [0.15, 0.2) is 0 Å². The summed E-state index contributed by atoms with van der Waals surface area (Å²) in [6.45, 7) is 21.8. The van der Waals surface area contributed by atoms with Crippen LogP contribution in [0.3, 0.4) is 0 Å². The predicted molar refractivity (Wildman–Crippen MR) is 136 cm³/mol. The SMILES string of the molecule is CC(C)=CCC[C@@H](C)[C@H]1CC[C@@]2(C)C3=CC[C@@]4(C)C(C)(C)C(=O)CC[C@]4(C)[C@H]3CC[C@]12C. The van der Waals surface area contributed by atoms with Gasteiger partial charge in [0, 0.05) is 11.8 Å². The molecule has 0 aromatic carbocycles. The van der Waals surface area contributed by atoms with Crippen LogP contribution in [0.5, 0.6) is 0 Å². The number of allylic oxidation sites excluding steroid dienone is 4. The van der Waals surface area contributed by atoms with Gasteiger partial charge < -0.3 is 0 Å². The molecule has 0 saturated heterocycles. The lowest BCUT2D eigenvalue weighted by molar-refractivity contribution is -0.167. The van der Waals surface area contributed by atoms with E-state index in [0.717, 1.165) is 31.1 Å². The number of ketones is 1. The Kier molecular flexibility index (Phi) is 5.75. The van der Waals surface area contributed by atoms with Gasteiger partial charge in [-0.05, 0) is 105 Å². The molecule has 0 bridgehead atoms. The van der Waals surface area contributed by atoms with E-state index in [1.807, 2.05) is 0 Å². The molecule has 4 aliphatic rings. The van der Waals surface area contributed by atoms with Crippen molar-refractivity contribution >= 4 is 5.78 Å². The molecule has 32 heavy (non-hydrogen) atoms. The van der Waals surface area contributed by atoms with Crippen LogP contribution in [0, 0.1) is 44.8 Å². The molecule has 1 nitrogen and oxygen atoms in total. The van der Waals surface area contributed by atoms with E-state index in [-0.39, 0.29) is 16.2 Å². The summed E-state index contributed by atoms with van der Waals surface area (Å²) >= 11 is 0. The fraction of sp³-hybridized carbons (Fsp3) is 0.839. The van der Waals surface area contributed by atoms with Crippen LogP contribution in [0.2, 0.25) is 0 Å². The van der Waals surface area contributed by atoms with Crippen molar-refractivity contribution in [1.29, 1.82) is 0 Å². The third-order valence-corrected chi connectivity index (χ3v) is 12.6. The molecule has 0 N–H and O–H groups in total. The third-order valence-electron chi connectivity index (χ3n) is 12.6. The highest BCUT2D eigenvalue weighted by molar-refractivity contribution is 5.86. The summed E-state index contributed by atoms with van der Waals surface area (Å²) in [5.74, 6) is 2.79. The van der Waals surface area contributed by atoms with Crippen LogP contribution < -0.4 is 0 Å². The monoisotopic (exact) mass is 438 g/mol. The molecule has 0 spiro atoms. The lowest BCUT2D eigenvalue weighted by Gasteiger charge is -2.67. The van der Waals surface area contributed by atoms with Gasteiger partial charge in [-0.25, -0.2) is 0 Å². The van der Waals surface area contributed by atoms with Gasteiger partial charge in [-0.2, -0.15) is 0 Å². The van der Waals surface area contributed by atoms with Crippen molar-refractivity contribution in [2.75, 3.05) is 0 Å². The van der Waals surface area contributed by atoms with Gasteiger partial charge in [0.1, 0.15) is 5.78 Å². The summed E-state index contributed by atoms with van der Waals surface area (Å²) in [7, 11) is 0. The molecule has 3 fully saturated rings. The molecular formula is C31H50O. The Morgan fingerprint density at radius 2 is 1.72 bits per heavy atom. The van der Waals surface area contributed by atoms with Crippen LogP contribution in [0.25, 0.3) is 0 Å². The Morgan fingerprint density at radius 3 is 2.38 bits per heavy atom. The molecule has 3 saturated carbocycles. The molecular weight excluding hydrogens is 388 g/mol. The Bertz CT molecular complexity index is 841. The number of hydrogen-bond acceptors (Lipinski definition) is 1. The second kappa shape index (κ2) is 7.58. The number of carbonyl (C=O) groups excluding carboxylic acids is 1. The van der Waals surface area contributed by atoms with Crippen LogP contribution in [0.1, 0.15) is 120 Å². The summed E-state index contributed by atoms with van der Waals surface area (Å²) in [5, 5.41) is 0. The Labute approximate surface area is 198 Å². The molecule has 0 radical (unpaired) electrons. The van der Waals surface area contributed by atoms with Gasteiger partial charge >= 0.3 is 0 Å². The van der Waals surface area contributed by atoms with Crippen LogP contribution in [-0.2, 0) is 4.79 Å². The molecule has 4 rings (SSSR count). The normalized spacial score (nSPS) is 45.9. The Hall–Kier alpha value is -0.850. The number of fused-ring (bicyclic) bond motifs is 5. The summed E-state index contributed by atoms with van der Waals surface area (Å²) in [5.41, 5.74) is 4.11. The predicted octanol–water partition coefficient (Wildman–Crippen LogP) is 8.93. The second-order valence-corrected chi connectivity index (χ2v) is 14.0. The maximum atomic E-state index is 13.0. The first-order valence-electron chi connectivity index (χ1n) is 13.6. The first-order valence-corrected chi connectivity index (χ1v) is 13.6. The van der Waals surface area contributed by atoms with E-state index in [2.05, 4.69) is 74.5 Å². The molecule has 0 unspecified atom stereocenters. The maximum Gasteiger partial charge on any atom is 0.139 e. The largest absolute Gasteiger partial charge is 0.299 e. The van der Waals surface area contributed by atoms with E-state index in [1.54, 1.807) is 5.57 Å². The lowest BCUT2D eigenvalue weighted by atomic mass is 9.36. The minimum absolute atomic E-state index is 0.0727. The topological polar surface area (TPSA) is 17.1 Å². The Balaban J connectivity index is 1.67. The van der Waals surface area contributed by atoms with E-state index >= 15 is 0 Å². The number of hydrogen-bond donors (Lipinski definition) is 0. The van der Waals surface area contributed by atoms with Gasteiger partial charge in [-0.3, -0.25) is 4.79 Å². The van der Waals surface area contributed by atoms with Crippen LogP contribution in [-0.4, -0.2) is 5.78 Å². The minimum atomic E-state index is -0.221. The highest BCUT2D eigenvalue weighted by atomic mass is 16.1. The van der Waals surface area contributed by atoms with Crippen LogP contribution in [0.4, 0.5) is 0 Å².